The molecule has 84 valence electrons. The lowest BCUT2D eigenvalue weighted by molar-refractivity contribution is 0.259. The normalized spacial score (nSPS) is 31.7. The van der Waals surface area contributed by atoms with Crippen LogP contribution in [0.2, 0.25) is 0 Å². The second-order valence-electron chi connectivity index (χ2n) is 4.47. The van der Waals surface area contributed by atoms with Crippen molar-refractivity contribution in [3.05, 3.63) is 0 Å². The molecule has 0 amide bonds. The Labute approximate surface area is 92.6 Å². The van der Waals surface area contributed by atoms with Crippen LogP contribution in [0.1, 0.15) is 33.6 Å². The highest BCUT2D eigenvalue weighted by atomic mass is 32.2. The molecule has 1 saturated heterocycles. The molecule has 0 aliphatic carbocycles. The minimum Gasteiger partial charge on any atom is -0.328 e. The molecule has 1 heterocycles. The molecule has 3 unspecified atom stereocenters. The second-order valence-corrected chi connectivity index (χ2v) is 6.36. The van der Waals surface area contributed by atoms with Gasteiger partial charge in [-0.1, -0.05) is 20.8 Å². The summed E-state index contributed by atoms with van der Waals surface area (Å²) in [5.41, 5.74) is 5.93. The predicted octanol–water partition coefficient (Wildman–Crippen LogP) is 1.94. The van der Waals surface area contributed by atoms with Crippen LogP contribution in [0.4, 0.5) is 0 Å². The van der Waals surface area contributed by atoms with Crippen LogP contribution >= 0.6 is 11.8 Å². The maximum atomic E-state index is 5.93. The van der Waals surface area contributed by atoms with Gasteiger partial charge >= 0.3 is 0 Å². The van der Waals surface area contributed by atoms with Crippen molar-refractivity contribution in [1.82, 2.24) is 4.90 Å². The van der Waals surface area contributed by atoms with Gasteiger partial charge in [-0.25, -0.2) is 0 Å². The fourth-order valence-electron chi connectivity index (χ4n) is 2.02. The van der Waals surface area contributed by atoms with Gasteiger partial charge in [0.25, 0.3) is 0 Å². The van der Waals surface area contributed by atoms with E-state index in [4.69, 9.17) is 5.73 Å². The van der Waals surface area contributed by atoms with Gasteiger partial charge in [0.05, 0.1) is 0 Å². The molecule has 3 atom stereocenters. The summed E-state index contributed by atoms with van der Waals surface area (Å²) < 4.78 is 0. The molecule has 1 fully saturated rings. The van der Waals surface area contributed by atoms with Crippen molar-refractivity contribution in [2.75, 3.05) is 19.6 Å². The van der Waals surface area contributed by atoms with Crippen LogP contribution in [-0.2, 0) is 0 Å². The fraction of sp³-hybridized carbons (Fsp3) is 1.00. The smallest absolute Gasteiger partial charge is 0.0149 e. The van der Waals surface area contributed by atoms with Crippen LogP contribution in [-0.4, -0.2) is 41.1 Å². The van der Waals surface area contributed by atoms with Gasteiger partial charge in [-0.05, 0) is 19.4 Å². The highest BCUT2D eigenvalue weighted by Gasteiger charge is 2.21. The number of nitrogens with zero attached hydrogens (tertiary/aromatic N) is 1. The molecule has 2 N–H and O–H groups in total. The van der Waals surface area contributed by atoms with Crippen molar-refractivity contribution in [3.8, 4) is 0 Å². The molecule has 0 aromatic rings. The van der Waals surface area contributed by atoms with Crippen LogP contribution < -0.4 is 5.73 Å². The monoisotopic (exact) mass is 216 g/mol. The van der Waals surface area contributed by atoms with Crippen molar-refractivity contribution in [1.29, 1.82) is 0 Å². The zero-order chi connectivity index (χ0) is 10.6. The fourth-order valence-corrected chi connectivity index (χ4v) is 3.41. The summed E-state index contributed by atoms with van der Waals surface area (Å²) in [6, 6.07) is 0.398. The first-order valence-corrected chi connectivity index (χ1v) is 6.69. The molecule has 2 nitrogen and oxygen atoms in total. The highest BCUT2D eigenvalue weighted by molar-refractivity contribution is 8.00. The van der Waals surface area contributed by atoms with Gasteiger partial charge in [0.2, 0.25) is 0 Å². The molecule has 1 rings (SSSR count). The van der Waals surface area contributed by atoms with Gasteiger partial charge in [-0.15, -0.1) is 0 Å². The lowest BCUT2D eigenvalue weighted by Gasteiger charge is -2.35. The van der Waals surface area contributed by atoms with E-state index in [0.717, 1.165) is 23.3 Å². The number of rotatable bonds is 4. The third kappa shape index (κ3) is 4.20. The van der Waals surface area contributed by atoms with Crippen LogP contribution in [0.3, 0.4) is 0 Å². The molecule has 0 aromatic carbocycles. The van der Waals surface area contributed by atoms with Crippen LogP contribution in [0.5, 0.6) is 0 Å². The van der Waals surface area contributed by atoms with Crippen LogP contribution in [0, 0.1) is 0 Å². The average molecular weight is 216 g/mol. The summed E-state index contributed by atoms with van der Waals surface area (Å²) in [4.78, 5) is 2.57. The van der Waals surface area contributed by atoms with Gasteiger partial charge in [0, 0.05) is 29.6 Å². The lowest BCUT2D eigenvalue weighted by atomic mass is 10.1. The molecule has 0 bridgehead atoms. The summed E-state index contributed by atoms with van der Waals surface area (Å²) in [7, 11) is 0. The van der Waals surface area contributed by atoms with E-state index in [-0.39, 0.29) is 0 Å². The Bertz CT molecular complexity index is 153. The SMILES string of the molecule is CCC(N)CCN1CC(C)SC(C)C1. The summed E-state index contributed by atoms with van der Waals surface area (Å²) >= 11 is 2.11. The first kappa shape index (κ1) is 12.3. The van der Waals surface area contributed by atoms with Crippen molar-refractivity contribution < 1.29 is 0 Å². The maximum Gasteiger partial charge on any atom is 0.0149 e. The van der Waals surface area contributed by atoms with Crippen molar-refractivity contribution in [2.45, 2.75) is 50.2 Å². The minimum absolute atomic E-state index is 0.398. The van der Waals surface area contributed by atoms with Gasteiger partial charge in [-0.3, -0.25) is 0 Å². The third-order valence-electron chi connectivity index (χ3n) is 2.84. The quantitative estimate of drug-likeness (QED) is 0.779. The molecule has 0 aromatic heterocycles. The zero-order valence-electron chi connectivity index (χ0n) is 9.70. The van der Waals surface area contributed by atoms with Crippen molar-refractivity contribution >= 4 is 11.8 Å². The van der Waals surface area contributed by atoms with E-state index in [1.54, 1.807) is 0 Å². The van der Waals surface area contributed by atoms with Crippen LogP contribution in [0.15, 0.2) is 0 Å². The van der Waals surface area contributed by atoms with Gasteiger partial charge in [0.1, 0.15) is 0 Å². The molecule has 14 heavy (non-hydrogen) atoms. The molecular weight excluding hydrogens is 192 g/mol. The molecule has 0 spiro atoms. The summed E-state index contributed by atoms with van der Waals surface area (Å²) in [5, 5.41) is 1.58. The third-order valence-corrected chi connectivity index (χ3v) is 4.06. The summed E-state index contributed by atoms with van der Waals surface area (Å²) in [6.07, 6.45) is 2.26. The molecule has 1 aliphatic heterocycles. The zero-order valence-corrected chi connectivity index (χ0v) is 10.5. The Hall–Kier alpha value is 0.270. The topological polar surface area (TPSA) is 29.3 Å². The Kier molecular flexibility index (Phi) is 5.28. The average Bonchev–Trinajstić information content (AvgIpc) is 2.12. The largest absolute Gasteiger partial charge is 0.328 e. The van der Waals surface area contributed by atoms with Crippen LogP contribution in [0.25, 0.3) is 0 Å². The van der Waals surface area contributed by atoms with E-state index in [0.29, 0.717) is 6.04 Å². The maximum absolute atomic E-state index is 5.93. The molecule has 3 heteroatoms. The van der Waals surface area contributed by atoms with Gasteiger partial charge in [-0.2, -0.15) is 11.8 Å². The highest BCUT2D eigenvalue weighted by Crippen LogP contribution is 2.24. The number of hydrogen-bond acceptors (Lipinski definition) is 3. The van der Waals surface area contributed by atoms with Gasteiger partial charge < -0.3 is 10.6 Å². The second kappa shape index (κ2) is 5.99. The summed E-state index contributed by atoms with van der Waals surface area (Å²) in [5.74, 6) is 0. The molecule has 0 radical (unpaired) electrons. The van der Waals surface area contributed by atoms with E-state index in [1.165, 1.54) is 19.6 Å². The number of hydrogen-bond donors (Lipinski definition) is 1. The summed E-state index contributed by atoms with van der Waals surface area (Å²) in [6.45, 7) is 10.5. The standard InChI is InChI=1S/C11H24N2S/c1-4-11(12)5-6-13-7-9(2)14-10(3)8-13/h9-11H,4-8,12H2,1-3H3. The molecule has 0 saturated carbocycles. The van der Waals surface area contributed by atoms with E-state index in [2.05, 4.69) is 37.4 Å². The first-order valence-electron chi connectivity index (χ1n) is 5.75. The first-order chi connectivity index (χ1) is 6.61. The van der Waals surface area contributed by atoms with E-state index < -0.39 is 0 Å². The minimum atomic E-state index is 0.398. The Morgan fingerprint density at radius 3 is 2.43 bits per heavy atom. The number of thioether (sulfide) groups is 1. The number of nitrogens with two attached hydrogens (primary N) is 1. The van der Waals surface area contributed by atoms with E-state index in [1.807, 2.05) is 0 Å². The Morgan fingerprint density at radius 1 is 1.36 bits per heavy atom. The van der Waals surface area contributed by atoms with Gasteiger partial charge in [0.15, 0.2) is 0 Å². The predicted molar refractivity (Wildman–Crippen MR) is 65.8 cm³/mol. The van der Waals surface area contributed by atoms with Crippen molar-refractivity contribution in [3.63, 3.8) is 0 Å². The molecular formula is C11H24N2S. The Morgan fingerprint density at radius 2 is 1.93 bits per heavy atom. The van der Waals surface area contributed by atoms with Crippen molar-refractivity contribution in [2.24, 2.45) is 5.73 Å². The lowest BCUT2D eigenvalue weighted by Crippen LogP contribution is -2.42. The molecule has 1 aliphatic rings. The Balaban J connectivity index is 2.23. The van der Waals surface area contributed by atoms with E-state index in [9.17, 15) is 0 Å². The van der Waals surface area contributed by atoms with E-state index >= 15 is 0 Å².